The van der Waals surface area contributed by atoms with Crippen LogP contribution in [0.2, 0.25) is 5.02 Å². The van der Waals surface area contributed by atoms with Gasteiger partial charge in [-0.3, -0.25) is 19.6 Å². The van der Waals surface area contributed by atoms with Crippen molar-refractivity contribution >= 4 is 41.9 Å². The molecule has 1 unspecified atom stereocenters. The number of hydrogen-bond donors (Lipinski definition) is 0. The van der Waals surface area contributed by atoms with Gasteiger partial charge in [-0.1, -0.05) is 37.6 Å². The van der Waals surface area contributed by atoms with E-state index in [0.717, 1.165) is 6.41 Å². The van der Waals surface area contributed by atoms with Crippen LogP contribution in [0, 0.1) is 5.82 Å². The van der Waals surface area contributed by atoms with Crippen LogP contribution in [0.15, 0.2) is 47.7 Å². The number of hydrogen-bond acceptors (Lipinski definition) is 6. The van der Waals surface area contributed by atoms with Gasteiger partial charge in [0.05, 0.1) is 22.0 Å². The van der Waals surface area contributed by atoms with E-state index in [2.05, 4.69) is 15.0 Å². The number of carbonyl (C=O) groups excluding carboxylic acids is 2. The van der Waals surface area contributed by atoms with E-state index in [4.69, 9.17) is 16.6 Å². The quantitative estimate of drug-likeness (QED) is 0.253. The summed E-state index contributed by atoms with van der Waals surface area (Å²) in [5.74, 6) is 0.495. The third kappa shape index (κ3) is 5.22. The molecule has 1 saturated heterocycles. The second-order valence-corrected chi connectivity index (χ2v) is 9.66. The van der Waals surface area contributed by atoms with Crippen LogP contribution >= 0.6 is 11.6 Å². The molecule has 0 N–H and O–H groups in total. The molecule has 1 aliphatic heterocycles. The molecule has 1 fully saturated rings. The highest BCUT2D eigenvalue weighted by molar-refractivity contribution is 6.33. The lowest BCUT2D eigenvalue weighted by Crippen LogP contribution is -2.53. The summed E-state index contributed by atoms with van der Waals surface area (Å²) in [4.78, 5) is 47.3. The van der Waals surface area contributed by atoms with Gasteiger partial charge in [-0.25, -0.2) is 19.3 Å². The maximum Gasteiger partial charge on any atom is 0.221 e. The maximum absolute atomic E-state index is 14.8. The minimum absolute atomic E-state index is 0.0429. The van der Waals surface area contributed by atoms with Crippen molar-refractivity contribution in [1.82, 2.24) is 24.8 Å². The molecule has 1 atom stereocenters. The summed E-state index contributed by atoms with van der Waals surface area (Å²) in [6, 6.07) is 7.75. The van der Waals surface area contributed by atoms with Gasteiger partial charge in [0, 0.05) is 50.7 Å². The molecule has 11 heteroatoms. The van der Waals surface area contributed by atoms with Crippen LogP contribution < -0.4 is 4.90 Å². The highest BCUT2D eigenvalue weighted by atomic mass is 35.5. The first-order valence-electron chi connectivity index (χ1n) is 12.2. The fraction of sp³-hybridized carbons (Fsp3) is 0.333. The first kappa shape index (κ1) is 27.1. The molecule has 0 bridgehead atoms. The van der Waals surface area contributed by atoms with E-state index in [1.807, 2.05) is 25.7 Å². The van der Waals surface area contributed by atoms with Crippen LogP contribution in [0.5, 0.6) is 0 Å². The number of aliphatic imine (C=N–C) groups is 1. The van der Waals surface area contributed by atoms with Gasteiger partial charge >= 0.3 is 0 Å². The van der Waals surface area contributed by atoms with Gasteiger partial charge in [-0.05, 0) is 31.0 Å². The topological polar surface area (TPSA) is 94.9 Å². The Kier molecular flexibility index (Phi) is 8.31. The molecule has 0 aliphatic carbocycles. The highest BCUT2D eigenvalue weighted by Crippen LogP contribution is 2.37. The van der Waals surface area contributed by atoms with Gasteiger partial charge < -0.3 is 9.80 Å². The fourth-order valence-corrected chi connectivity index (χ4v) is 4.86. The Bertz CT molecular complexity index is 1370. The van der Waals surface area contributed by atoms with Gasteiger partial charge in [-0.15, -0.1) is 0 Å². The second-order valence-electron chi connectivity index (χ2n) is 9.26. The molecular formula is C27H29ClFN7O2. The highest BCUT2D eigenvalue weighted by Gasteiger charge is 2.31. The molecule has 3 heterocycles. The lowest BCUT2D eigenvalue weighted by molar-refractivity contribution is -0.120. The average molecular weight is 538 g/mol. The average Bonchev–Trinajstić information content (AvgIpc) is 2.92. The number of halogens is 2. The smallest absolute Gasteiger partial charge is 0.221 e. The molecule has 0 spiro atoms. The van der Waals surface area contributed by atoms with E-state index < -0.39 is 5.82 Å². The van der Waals surface area contributed by atoms with E-state index >= 15 is 0 Å². The lowest BCUT2D eigenvalue weighted by atomic mass is 10.1. The van der Waals surface area contributed by atoms with Crippen molar-refractivity contribution in [2.75, 3.05) is 31.6 Å². The normalized spacial score (nSPS) is 16.1. The number of aromatic nitrogens is 3. The number of carbonyl (C=O) groups is 2. The van der Waals surface area contributed by atoms with Crippen LogP contribution in [-0.2, 0) is 9.59 Å². The van der Waals surface area contributed by atoms with Crippen molar-refractivity contribution < 1.29 is 14.0 Å². The zero-order valence-electron chi connectivity index (χ0n) is 21.7. The number of piperazine rings is 1. The van der Waals surface area contributed by atoms with E-state index in [0.29, 0.717) is 49.0 Å². The Morgan fingerprint density at radius 2 is 1.92 bits per heavy atom. The van der Waals surface area contributed by atoms with Crippen LogP contribution in [0.1, 0.15) is 37.9 Å². The molecule has 2 aromatic heterocycles. The van der Waals surface area contributed by atoms with Crippen LogP contribution in [0.4, 0.5) is 16.0 Å². The fourth-order valence-electron chi connectivity index (χ4n) is 4.60. The first-order valence-corrected chi connectivity index (χ1v) is 12.6. The molecular weight excluding hydrogens is 509 g/mol. The Labute approximate surface area is 226 Å². The number of amidine groups is 1. The SMILES string of the molecule is CN=C(c1cc(Cl)c(-c2ccccc2F)nc1N(C=O)c1nccnc1C(C)C)N1CCN(C=O)CC1C. The minimum Gasteiger partial charge on any atom is -0.350 e. The summed E-state index contributed by atoms with van der Waals surface area (Å²) in [5, 5.41) is 0.197. The standard InChI is InChI=1S/C27H29ClFN7O2/c1-17(2)23-27(32-10-9-31-23)36(16-38)26-20(25(30-4)35-12-11-34(15-37)14-18(35)3)13-21(28)24(33-26)19-7-5-6-8-22(19)29/h5-10,13,15-18H,11-12,14H2,1-4H3. The third-order valence-electron chi connectivity index (χ3n) is 6.43. The van der Waals surface area contributed by atoms with E-state index in [-0.39, 0.29) is 34.1 Å². The molecule has 0 saturated carbocycles. The first-order chi connectivity index (χ1) is 18.3. The Hall–Kier alpha value is -3.92. The van der Waals surface area contributed by atoms with Gasteiger partial charge in [0.25, 0.3) is 0 Å². The summed E-state index contributed by atoms with van der Waals surface area (Å²) < 4.78 is 14.8. The van der Waals surface area contributed by atoms with E-state index in [9.17, 15) is 14.0 Å². The maximum atomic E-state index is 14.8. The number of amides is 2. The lowest BCUT2D eigenvalue weighted by Gasteiger charge is -2.40. The summed E-state index contributed by atoms with van der Waals surface area (Å²) in [6.45, 7) is 7.42. The van der Waals surface area contributed by atoms with Crippen molar-refractivity contribution in [1.29, 1.82) is 0 Å². The summed E-state index contributed by atoms with van der Waals surface area (Å²) in [6.07, 6.45) is 4.51. The monoisotopic (exact) mass is 537 g/mol. The third-order valence-corrected chi connectivity index (χ3v) is 6.72. The molecule has 1 aliphatic rings. The molecule has 3 aromatic rings. The Morgan fingerprint density at radius 1 is 1.18 bits per heavy atom. The summed E-state index contributed by atoms with van der Waals surface area (Å²) in [5.41, 5.74) is 1.44. The zero-order valence-corrected chi connectivity index (χ0v) is 22.4. The number of anilines is 2. The van der Waals surface area contributed by atoms with Gasteiger partial charge in [0.1, 0.15) is 11.7 Å². The molecule has 4 rings (SSSR count). The van der Waals surface area contributed by atoms with E-state index in [1.54, 1.807) is 42.4 Å². The Morgan fingerprint density at radius 3 is 2.55 bits per heavy atom. The van der Waals surface area contributed by atoms with Crippen molar-refractivity contribution in [3.63, 3.8) is 0 Å². The summed E-state index contributed by atoms with van der Waals surface area (Å²) >= 11 is 6.71. The number of rotatable bonds is 7. The summed E-state index contributed by atoms with van der Waals surface area (Å²) in [7, 11) is 1.64. The van der Waals surface area contributed by atoms with Crippen molar-refractivity contribution in [2.24, 2.45) is 4.99 Å². The molecule has 1 aromatic carbocycles. The minimum atomic E-state index is -0.497. The molecule has 2 amide bonds. The van der Waals surface area contributed by atoms with Crippen molar-refractivity contribution in [3.05, 3.63) is 64.8 Å². The molecule has 38 heavy (non-hydrogen) atoms. The zero-order chi connectivity index (χ0) is 27.4. The predicted molar refractivity (Wildman–Crippen MR) is 145 cm³/mol. The van der Waals surface area contributed by atoms with Gasteiger partial charge in [0.15, 0.2) is 11.6 Å². The number of pyridine rings is 1. The van der Waals surface area contributed by atoms with Crippen molar-refractivity contribution in [3.8, 4) is 11.3 Å². The van der Waals surface area contributed by atoms with Gasteiger partial charge in [0.2, 0.25) is 12.8 Å². The van der Waals surface area contributed by atoms with E-state index in [1.165, 1.54) is 17.2 Å². The number of nitrogens with zero attached hydrogens (tertiary/aromatic N) is 7. The molecule has 198 valence electrons. The van der Waals surface area contributed by atoms with Crippen LogP contribution in [0.25, 0.3) is 11.3 Å². The number of benzene rings is 1. The second kappa shape index (κ2) is 11.6. The van der Waals surface area contributed by atoms with Crippen molar-refractivity contribution in [2.45, 2.75) is 32.7 Å². The van der Waals surface area contributed by atoms with Gasteiger partial charge in [-0.2, -0.15) is 0 Å². The van der Waals surface area contributed by atoms with Crippen LogP contribution in [0.3, 0.4) is 0 Å². The van der Waals surface area contributed by atoms with Crippen LogP contribution in [-0.4, -0.2) is 76.1 Å². The largest absolute Gasteiger partial charge is 0.350 e. The molecule has 9 nitrogen and oxygen atoms in total. The Balaban J connectivity index is 1.96. The predicted octanol–water partition coefficient (Wildman–Crippen LogP) is 4.29. The molecule has 0 radical (unpaired) electrons.